The minimum Gasteiger partial charge on any atom is -0.506 e. The fourth-order valence-electron chi connectivity index (χ4n) is 1.96. The van der Waals surface area contributed by atoms with E-state index in [0.717, 1.165) is 0 Å². The van der Waals surface area contributed by atoms with E-state index in [-0.39, 0.29) is 38.4 Å². The number of sulfone groups is 1. The molecule has 0 aromatic heterocycles. The number of aromatic hydroxyl groups is 1. The maximum absolute atomic E-state index is 12.4. The van der Waals surface area contributed by atoms with Crippen LogP contribution >= 0.6 is 0 Å². The van der Waals surface area contributed by atoms with Crippen LogP contribution in [0.1, 0.15) is 0 Å². The van der Waals surface area contributed by atoms with E-state index in [0.29, 0.717) is 0 Å². The third-order valence-electron chi connectivity index (χ3n) is 2.93. The SMILES string of the molecule is Nc1cccc2c1Oc1c(ccc(O)c1N)S2(=O)=O. The van der Waals surface area contributed by atoms with Gasteiger partial charge in [-0.25, -0.2) is 8.42 Å². The van der Waals surface area contributed by atoms with Gasteiger partial charge in [0.15, 0.2) is 11.5 Å². The molecule has 0 amide bonds. The lowest BCUT2D eigenvalue weighted by Gasteiger charge is -2.22. The van der Waals surface area contributed by atoms with Gasteiger partial charge in [0.05, 0.1) is 5.69 Å². The second-order valence-electron chi connectivity index (χ2n) is 4.11. The van der Waals surface area contributed by atoms with Crippen LogP contribution < -0.4 is 16.2 Å². The minimum atomic E-state index is -3.76. The zero-order valence-electron chi connectivity index (χ0n) is 9.62. The van der Waals surface area contributed by atoms with Crippen LogP contribution in [0.3, 0.4) is 0 Å². The smallest absolute Gasteiger partial charge is 0.214 e. The van der Waals surface area contributed by atoms with Gasteiger partial charge in [-0.05, 0) is 24.3 Å². The maximum Gasteiger partial charge on any atom is 0.214 e. The highest BCUT2D eigenvalue weighted by atomic mass is 32.2. The van der Waals surface area contributed by atoms with Crippen molar-refractivity contribution in [2.24, 2.45) is 0 Å². The standard InChI is InChI=1S/C12H10N2O4S/c13-6-2-1-3-8-11(6)18-12-9(19(8,16)17)5-4-7(15)10(12)14/h1-5,15H,13-14H2. The average molecular weight is 278 g/mol. The van der Waals surface area contributed by atoms with Gasteiger partial charge in [0, 0.05) is 0 Å². The molecule has 1 heterocycles. The Morgan fingerprint density at radius 2 is 1.68 bits per heavy atom. The number of hydrogen-bond donors (Lipinski definition) is 3. The molecule has 0 saturated carbocycles. The monoisotopic (exact) mass is 278 g/mol. The van der Waals surface area contributed by atoms with Crippen LogP contribution in [0.15, 0.2) is 40.1 Å². The highest BCUT2D eigenvalue weighted by molar-refractivity contribution is 7.91. The molecule has 0 fully saturated rings. The number of ether oxygens (including phenoxy) is 1. The summed E-state index contributed by atoms with van der Waals surface area (Å²) in [5, 5.41) is 9.53. The lowest BCUT2D eigenvalue weighted by molar-refractivity contribution is 0.436. The van der Waals surface area contributed by atoms with Gasteiger partial charge in [-0.1, -0.05) is 6.07 Å². The number of nitrogens with two attached hydrogens (primary N) is 2. The van der Waals surface area contributed by atoms with Crippen LogP contribution in [0.25, 0.3) is 0 Å². The van der Waals surface area contributed by atoms with E-state index in [1.165, 1.54) is 30.3 Å². The summed E-state index contributed by atoms with van der Waals surface area (Å²) in [6.45, 7) is 0. The molecule has 0 aliphatic carbocycles. The second-order valence-corrected chi connectivity index (χ2v) is 5.99. The third-order valence-corrected chi connectivity index (χ3v) is 4.73. The number of phenols is 1. The van der Waals surface area contributed by atoms with Gasteiger partial charge in [-0.15, -0.1) is 0 Å². The van der Waals surface area contributed by atoms with Crippen LogP contribution in [0.4, 0.5) is 11.4 Å². The molecule has 7 heteroatoms. The van der Waals surface area contributed by atoms with Crippen LogP contribution in [0, 0.1) is 0 Å². The van der Waals surface area contributed by atoms with Gasteiger partial charge in [0.1, 0.15) is 21.2 Å². The van der Waals surface area contributed by atoms with E-state index in [1.54, 1.807) is 0 Å². The predicted octanol–water partition coefficient (Wildman–Crippen LogP) is 1.50. The first-order chi connectivity index (χ1) is 8.93. The number of benzene rings is 2. The quantitative estimate of drug-likeness (QED) is 0.424. The number of rotatable bonds is 0. The molecule has 0 radical (unpaired) electrons. The van der Waals surface area contributed by atoms with E-state index in [1.807, 2.05) is 0 Å². The number of fused-ring (bicyclic) bond motifs is 2. The van der Waals surface area contributed by atoms with Gasteiger partial charge in [0.2, 0.25) is 9.84 Å². The first-order valence-electron chi connectivity index (χ1n) is 5.36. The Labute approximate surface area is 109 Å². The zero-order valence-corrected chi connectivity index (χ0v) is 10.4. The van der Waals surface area contributed by atoms with Crippen molar-refractivity contribution in [3.63, 3.8) is 0 Å². The number of para-hydroxylation sites is 1. The number of anilines is 2. The Kier molecular flexibility index (Phi) is 2.18. The summed E-state index contributed by atoms with van der Waals surface area (Å²) in [6, 6.07) is 6.93. The Bertz CT molecular complexity index is 800. The van der Waals surface area contributed by atoms with Gasteiger partial charge >= 0.3 is 0 Å². The minimum absolute atomic E-state index is 0.00918. The molecule has 19 heavy (non-hydrogen) atoms. The van der Waals surface area contributed by atoms with Crippen molar-refractivity contribution in [2.45, 2.75) is 9.79 Å². The Balaban J connectivity index is 2.41. The van der Waals surface area contributed by atoms with Crippen molar-refractivity contribution in [3.8, 4) is 17.2 Å². The fraction of sp³-hybridized carbons (Fsp3) is 0. The van der Waals surface area contributed by atoms with Crippen LogP contribution in [-0.2, 0) is 9.84 Å². The number of phenolic OH excluding ortho intramolecular Hbond substituents is 1. The molecule has 6 nitrogen and oxygen atoms in total. The lowest BCUT2D eigenvalue weighted by Crippen LogP contribution is -2.13. The molecular weight excluding hydrogens is 268 g/mol. The van der Waals surface area contributed by atoms with Crippen LogP contribution in [-0.4, -0.2) is 13.5 Å². The van der Waals surface area contributed by atoms with Gasteiger partial charge in [0.25, 0.3) is 0 Å². The molecule has 2 aromatic rings. The first-order valence-corrected chi connectivity index (χ1v) is 6.84. The predicted molar refractivity (Wildman–Crippen MR) is 68.9 cm³/mol. The highest BCUT2D eigenvalue weighted by Gasteiger charge is 2.34. The van der Waals surface area contributed by atoms with Crippen molar-refractivity contribution in [2.75, 3.05) is 11.5 Å². The van der Waals surface area contributed by atoms with E-state index < -0.39 is 9.84 Å². The Morgan fingerprint density at radius 3 is 2.42 bits per heavy atom. The first kappa shape index (κ1) is 11.7. The van der Waals surface area contributed by atoms with Gasteiger partial charge in [-0.2, -0.15) is 0 Å². The highest BCUT2D eigenvalue weighted by Crippen LogP contribution is 2.49. The van der Waals surface area contributed by atoms with Gasteiger partial charge < -0.3 is 21.3 Å². The Morgan fingerprint density at radius 1 is 1.00 bits per heavy atom. The number of hydrogen-bond acceptors (Lipinski definition) is 6. The van der Waals surface area contributed by atoms with Gasteiger partial charge in [-0.3, -0.25) is 0 Å². The van der Waals surface area contributed by atoms with Crippen molar-refractivity contribution in [1.29, 1.82) is 0 Å². The van der Waals surface area contributed by atoms with Crippen molar-refractivity contribution in [1.82, 2.24) is 0 Å². The summed E-state index contributed by atoms with van der Waals surface area (Å²) in [5.41, 5.74) is 11.4. The van der Waals surface area contributed by atoms with E-state index in [2.05, 4.69) is 0 Å². The van der Waals surface area contributed by atoms with Crippen LogP contribution in [0.2, 0.25) is 0 Å². The summed E-state index contributed by atoms with van der Waals surface area (Å²) >= 11 is 0. The molecule has 0 atom stereocenters. The third kappa shape index (κ3) is 1.45. The zero-order chi connectivity index (χ0) is 13.8. The van der Waals surface area contributed by atoms with Crippen LogP contribution in [0.5, 0.6) is 17.2 Å². The summed E-state index contributed by atoms with van der Waals surface area (Å²) in [6.07, 6.45) is 0. The fourth-order valence-corrected chi connectivity index (χ4v) is 3.50. The molecule has 0 unspecified atom stereocenters. The molecular formula is C12H10N2O4S. The number of nitrogen functional groups attached to an aromatic ring is 2. The molecule has 0 bridgehead atoms. The topological polar surface area (TPSA) is 116 Å². The lowest BCUT2D eigenvalue weighted by atomic mass is 10.2. The second kappa shape index (κ2) is 3.55. The Hall–Kier alpha value is -2.41. The van der Waals surface area contributed by atoms with Crippen molar-refractivity contribution < 1.29 is 18.3 Å². The van der Waals surface area contributed by atoms with E-state index >= 15 is 0 Å². The molecule has 1 aliphatic heterocycles. The van der Waals surface area contributed by atoms with Crippen molar-refractivity contribution >= 4 is 21.2 Å². The molecule has 2 aromatic carbocycles. The molecule has 1 aliphatic rings. The maximum atomic E-state index is 12.4. The molecule has 0 spiro atoms. The molecule has 98 valence electrons. The molecule has 5 N–H and O–H groups in total. The molecule has 3 rings (SSSR count). The van der Waals surface area contributed by atoms with E-state index in [9.17, 15) is 13.5 Å². The summed E-state index contributed by atoms with van der Waals surface area (Å²) in [4.78, 5) is -0.0917. The van der Waals surface area contributed by atoms with E-state index in [4.69, 9.17) is 16.2 Å². The summed E-state index contributed by atoms with van der Waals surface area (Å²) in [7, 11) is -3.76. The average Bonchev–Trinajstić information content (AvgIpc) is 2.36. The normalized spacial score (nSPS) is 15.2. The summed E-state index contributed by atoms with van der Waals surface area (Å²) in [5.74, 6) is -0.301. The molecule has 0 saturated heterocycles. The van der Waals surface area contributed by atoms with Crippen molar-refractivity contribution in [3.05, 3.63) is 30.3 Å². The summed E-state index contributed by atoms with van der Waals surface area (Å²) < 4.78 is 30.3. The largest absolute Gasteiger partial charge is 0.506 e.